The molecule has 0 aliphatic carbocycles. The van der Waals surface area contributed by atoms with Crippen LogP contribution in [0.2, 0.25) is 0 Å². The molecule has 25 heavy (non-hydrogen) atoms. The normalized spacial score (nSPS) is 23.2. The minimum atomic E-state index is -0.172. The smallest absolute Gasteiger partial charge is 0.240 e. The number of nitrogens with zero attached hydrogens (tertiary/aromatic N) is 2. The molecule has 2 saturated heterocycles. The number of morpholine rings is 1. The molecule has 138 valence electrons. The van der Waals surface area contributed by atoms with Gasteiger partial charge in [-0.15, -0.1) is 11.3 Å². The Balaban J connectivity index is 1.56. The molecule has 2 amide bonds. The van der Waals surface area contributed by atoms with E-state index in [0.717, 1.165) is 30.7 Å². The molecule has 2 fully saturated rings. The third-order valence-electron chi connectivity index (χ3n) is 4.92. The van der Waals surface area contributed by atoms with Crippen molar-refractivity contribution in [2.45, 2.75) is 38.3 Å². The molecule has 2 unspecified atom stereocenters. The van der Waals surface area contributed by atoms with Crippen LogP contribution in [0.5, 0.6) is 0 Å². The van der Waals surface area contributed by atoms with Crippen molar-refractivity contribution in [1.82, 2.24) is 15.1 Å². The van der Waals surface area contributed by atoms with Crippen LogP contribution in [-0.4, -0.2) is 67.0 Å². The van der Waals surface area contributed by atoms with Crippen LogP contribution in [0.15, 0.2) is 17.5 Å². The van der Waals surface area contributed by atoms with Gasteiger partial charge in [0.15, 0.2) is 0 Å². The highest BCUT2D eigenvalue weighted by atomic mass is 32.1. The molecule has 2 aliphatic rings. The maximum absolute atomic E-state index is 12.9. The van der Waals surface area contributed by atoms with E-state index in [-0.39, 0.29) is 30.4 Å². The summed E-state index contributed by atoms with van der Waals surface area (Å²) < 4.78 is 5.34. The van der Waals surface area contributed by atoms with Crippen LogP contribution < -0.4 is 5.32 Å². The second-order valence-corrected chi connectivity index (χ2v) is 7.70. The number of carbonyl (C=O) groups excluding carboxylic acids is 2. The summed E-state index contributed by atoms with van der Waals surface area (Å²) in [6.45, 7) is 5.62. The van der Waals surface area contributed by atoms with E-state index in [1.165, 1.54) is 0 Å². The zero-order chi connectivity index (χ0) is 17.6. The maximum atomic E-state index is 12.9. The van der Waals surface area contributed by atoms with E-state index < -0.39 is 0 Å². The van der Waals surface area contributed by atoms with Gasteiger partial charge >= 0.3 is 0 Å². The van der Waals surface area contributed by atoms with Gasteiger partial charge in [0.25, 0.3) is 0 Å². The van der Waals surface area contributed by atoms with Crippen LogP contribution in [0.1, 0.15) is 37.1 Å². The van der Waals surface area contributed by atoms with Crippen molar-refractivity contribution in [3.63, 3.8) is 0 Å². The fourth-order valence-corrected chi connectivity index (χ4v) is 4.27. The quantitative estimate of drug-likeness (QED) is 0.862. The summed E-state index contributed by atoms with van der Waals surface area (Å²) in [6.07, 6.45) is 2.93. The lowest BCUT2D eigenvalue weighted by atomic mass is 10.0. The SMILES string of the molecule is CC(NC(=O)CN1CCCCC1C(=O)N1CCOCC1)c1cccs1. The van der Waals surface area contributed by atoms with Crippen molar-refractivity contribution in [2.24, 2.45) is 0 Å². The molecule has 7 heteroatoms. The number of carbonyl (C=O) groups is 2. The van der Waals surface area contributed by atoms with Crippen LogP contribution in [0.4, 0.5) is 0 Å². The number of amides is 2. The predicted octanol–water partition coefficient (Wildman–Crippen LogP) is 1.64. The van der Waals surface area contributed by atoms with Crippen LogP contribution in [0, 0.1) is 0 Å². The van der Waals surface area contributed by atoms with E-state index in [4.69, 9.17) is 4.74 Å². The second-order valence-electron chi connectivity index (χ2n) is 6.72. The molecule has 0 saturated carbocycles. The van der Waals surface area contributed by atoms with Crippen molar-refractivity contribution >= 4 is 23.2 Å². The largest absolute Gasteiger partial charge is 0.378 e. The first kappa shape index (κ1) is 18.4. The van der Waals surface area contributed by atoms with Gasteiger partial charge in [0.1, 0.15) is 0 Å². The van der Waals surface area contributed by atoms with E-state index in [9.17, 15) is 9.59 Å². The third kappa shape index (κ3) is 4.80. The number of hydrogen-bond acceptors (Lipinski definition) is 5. The minimum Gasteiger partial charge on any atom is -0.378 e. The molecule has 0 spiro atoms. The van der Waals surface area contributed by atoms with Gasteiger partial charge in [-0.25, -0.2) is 0 Å². The topological polar surface area (TPSA) is 61.9 Å². The van der Waals surface area contributed by atoms with E-state index >= 15 is 0 Å². The van der Waals surface area contributed by atoms with E-state index in [1.54, 1.807) is 11.3 Å². The lowest BCUT2D eigenvalue weighted by molar-refractivity contribution is -0.143. The summed E-state index contributed by atoms with van der Waals surface area (Å²) in [5, 5.41) is 5.07. The molecule has 1 N–H and O–H groups in total. The van der Waals surface area contributed by atoms with Gasteiger partial charge in [0.2, 0.25) is 11.8 Å². The van der Waals surface area contributed by atoms with Gasteiger partial charge < -0.3 is 15.0 Å². The van der Waals surface area contributed by atoms with Gasteiger partial charge in [0.05, 0.1) is 31.8 Å². The molecule has 0 bridgehead atoms. The predicted molar refractivity (Wildman–Crippen MR) is 97.5 cm³/mol. The summed E-state index contributed by atoms with van der Waals surface area (Å²) in [5.74, 6) is 0.143. The number of hydrogen-bond donors (Lipinski definition) is 1. The number of rotatable bonds is 5. The summed E-state index contributed by atoms with van der Waals surface area (Å²) >= 11 is 1.64. The van der Waals surface area contributed by atoms with Gasteiger partial charge in [-0.2, -0.15) is 0 Å². The van der Waals surface area contributed by atoms with E-state index in [1.807, 2.05) is 29.3 Å². The Hall–Kier alpha value is -1.44. The highest BCUT2D eigenvalue weighted by Crippen LogP contribution is 2.21. The standard InChI is InChI=1S/C18H27N3O3S/c1-14(16-6-4-12-25-16)19-17(22)13-21-7-3-2-5-15(21)18(23)20-8-10-24-11-9-20/h4,6,12,14-15H,2-3,5,7-11,13H2,1H3,(H,19,22). The lowest BCUT2D eigenvalue weighted by Gasteiger charge is -2.38. The summed E-state index contributed by atoms with van der Waals surface area (Å²) in [4.78, 5) is 30.4. The van der Waals surface area contributed by atoms with Crippen molar-refractivity contribution in [3.05, 3.63) is 22.4 Å². The number of ether oxygens (including phenoxy) is 1. The summed E-state index contributed by atoms with van der Waals surface area (Å²) in [7, 11) is 0. The maximum Gasteiger partial charge on any atom is 0.240 e. The Morgan fingerprint density at radius 2 is 2.12 bits per heavy atom. The summed E-state index contributed by atoms with van der Waals surface area (Å²) in [5.41, 5.74) is 0. The second kappa shape index (κ2) is 8.78. The lowest BCUT2D eigenvalue weighted by Crippen LogP contribution is -2.55. The molecular weight excluding hydrogens is 338 g/mol. The molecule has 3 rings (SSSR count). The Labute approximate surface area is 153 Å². The van der Waals surface area contributed by atoms with Crippen molar-refractivity contribution in [1.29, 1.82) is 0 Å². The molecule has 0 aromatic carbocycles. The summed E-state index contributed by atoms with van der Waals surface area (Å²) in [6, 6.07) is 3.85. The van der Waals surface area contributed by atoms with Gasteiger partial charge in [-0.3, -0.25) is 14.5 Å². The number of thiophene rings is 1. The Bertz CT molecular complexity index is 572. The minimum absolute atomic E-state index is 0.00526. The molecule has 0 radical (unpaired) electrons. The Morgan fingerprint density at radius 3 is 2.84 bits per heavy atom. The molecule has 2 atom stereocenters. The van der Waals surface area contributed by atoms with Crippen LogP contribution >= 0.6 is 11.3 Å². The zero-order valence-corrected chi connectivity index (χ0v) is 15.6. The van der Waals surface area contributed by atoms with Crippen LogP contribution in [-0.2, 0) is 14.3 Å². The molecule has 3 heterocycles. The van der Waals surface area contributed by atoms with Crippen molar-refractivity contribution in [2.75, 3.05) is 39.4 Å². The first-order valence-electron chi connectivity index (χ1n) is 9.08. The molecule has 2 aliphatic heterocycles. The van der Waals surface area contributed by atoms with E-state index in [2.05, 4.69) is 10.2 Å². The zero-order valence-electron chi connectivity index (χ0n) is 14.8. The van der Waals surface area contributed by atoms with Crippen molar-refractivity contribution in [3.8, 4) is 0 Å². The van der Waals surface area contributed by atoms with E-state index in [0.29, 0.717) is 26.3 Å². The van der Waals surface area contributed by atoms with Gasteiger partial charge in [-0.1, -0.05) is 12.5 Å². The van der Waals surface area contributed by atoms with Gasteiger partial charge in [0, 0.05) is 18.0 Å². The average molecular weight is 365 g/mol. The Morgan fingerprint density at radius 1 is 1.32 bits per heavy atom. The fraction of sp³-hybridized carbons (Fsp3) is 0.667. The monoisotopic (exact) mass is 365 g/mol. The average Bonchev–Trinajstić information content (AvgIpc) is 3.17. The Kier molecular flexibility index (Phi) is 6.45. The molecular formula is C18H27N3O3S. The number of nitrogens with one attached hydrogen (secondary N) is 1. The van der Waals surface area contributed by atoms with Gasteiger partial charge in [-0.05, 0) is 37.8 Å². The highest BCUT2D eigenvalue weighted by molar-refractivity contribution is 7.10. The molecule has 6 nitrogen and oxygen atoms in total. The number of piperidine rings is 1. The van der Waals surface area contributed by atoms with Crippen LogP contribution in [0.3, 0.4) is 0 Å². The van der Waals surface area contributed by atoms with Crippen molar-refractivity contribution < 1.29 is 14.3 Å². The fourth-order valence-electron chi connectivity index (χ4n) is 3.53. The molecule has 1 aromatic heterocycles. The third-order valence-corrected chi connectivity index (χ3v) is 5.97. The molecule has 1 aromatic rings. The first-order chi connectivity index (χ1) is 12.1. The first-order valence-corrected chi connectivity index (χ1v) is 9.96. The number of likely N-dealkylation sites (tertiary alicyclic amines) is 1. The highest BCUT2D eigenvalue weighted by Gasteiger charge is 2.33. The van der Waals surface area contributed by atoms with Crippen LogP contribution in [0.25, 0.3) is 0 Å².